The quantitative estimate of drug-likeness (QED) is 0.861. The van der Waals surface area contributed by atoms with Crippen molar-refractivity contribution in [1.82, 2.24) is 10.0 Å². The average Bonchev–Trinajstić information content (AvgIpc) is 2.40. The van der Waals surface area contributed by atoms with E-state index >= 15 is 0 Å². The lowest BCUT2D eigenvalue weighted by Crippen LogP contribution is -2.41. The average molecular weight is 316 g/mol. The number of hydrogen-bond acceptors (Lipinski definition) is 4. The number of nitrogens with one attached hydrogen (secondary N) is 2. The molecule has 1 saturated heterocycles. The molecule has 0 saturated carbocycles. The molecule has 1 aliphatic rings. The molecule has 0 amide bonds. The first-order valence-electron chi connectivity index (χ1n) is 6.99. The van der Waals surface area contributed by atoms with Crippen LogP contribution < -0.4 is 10.0 Å². The zero-order valence-electron chi connectivity index (χ0n) is 12.2. The Morgan fingerprint density at radius 2 is 2.19 bits per heavy atom. The highest BCUT2D eigenvalue weighted by Gasteiger charge is 2.26. The Balaban J connectivity index is 2.24. The molecule has 0 radical (unpaired) electrons. The number of halogens is 1. The minimum Gasteiger partial charge on any atom is -0.378 e. The Morgan fingerprint density at radius 3 is 2.86 bits per heavy atom. The highest BCUT2D eigenvalue weighted by atomic mass is 32.2. The SMILES string of the molecule is CNCc1ccc(F)cc1S(=O)(=O)NC1CCOC(C)C1. The van der Waals surface area contributed by atoms with Gasteiger partial charge in [-0.05, 0) is 44.5 Å². The van der Waals surface area contributed by atoms with E-state index in [0.29, 0.717) is 31.6 Å². The van der Waals surface area contributed by atoms with Crippen LogP contribution in [0.25, 0.3) is 0 Å². The van der Waals surface area contributed by atoms with Crippen molar-refractivity contribution >= 4 is 10.0 Å². The van der Waals surface area contributed by atoms with E-state index in [4.69, 9.17) is 4.74 Å². The lowest BCUT2D eigenvalue weighted by molar-refractivity contribution is 0.0173. The first-order valence-corrected chi connectivity index (χ1v) is 8.47. The van der Waals surface area contributed by atoms with Crippen LogP contribution in [0, 0.1) is 5.82 Å². The number of ether oxygens (including phenoxy) is 1. The fourth-order valence-electron chi connectivity index (χ4n) is 2.50. The van der Waals surface area contributed by atoms with Crippen LogP contribution in [-0.4, -0.2) is 34.2 Å². The molecule has 2 unspecified atom stereocenters. The molecule has 2 N–H and O–H groups in total. The summed E-state index contributed by atoms with van der Waals surface area (Å²) in [6, 6.07) is 3.65. The maximum Gasteiger partial charge on any atom is 0.241 e. The smallest absolute Gasteiger partial charge is 0.241 e. The molecule has 1 heterocycles. The topological polar surface area (TPSA) is 67.4 Å². The summed E-state index contributed by atoms with van der Waals surface area (Å²) in [7, 11) is -2.03. The molecular weight excluding hydrogens is 295 g/mol. The fourth-order valence-corrected chi connectivity index (χ4v) is 4.04. The van der Waals surface area contributed by atoms with Gasteiger partial charge in [0.15, 0.2) is 0 Å². The molecule has 0 bridgehead atoms. The van der Waals surface area contributed by atoms with Crippen molar-refractivity contribution in [2.45, 2.75) is 43.4 Å². The summed E-state index contributed by atoms with van der Waals surface area (Å²) in [5, 5.41) is 2.89. The fraction of sp³-hybridized carbons (Fsp3) is 0.571. The van der Waals surface area contributed by atoms with Crippen molar-refractivity contribution in [3.63, 3.8) is 0 Å². The predicted molar refractivity (Wildman–Crippen MR) is 77.9 cm³/mol. The Hall–Kier alpha value is -1.02. The molecule has 2 rings (SSSR count). The standard InChI is InChI=1S/C14H21FN2O3S/c1-10-7-13(5-6-20-10)17-21(18,19)14-8-12(15)4-3-11(14)9-16-2/h3-4,8,10,13,16-17H,5-7,9H2,1-2H3. The van der Waals surface area contributed by atoms with Crippen LogP contribution in [-0.2, 0) is 21.3 Å². The third kappa shape index (κ3) is 4.23. The summed E-state index contributed by atoms with van der Waals surface area (Å²) in [6.45, 7) is 2.80. The maximum atomic E-state index is 13.4. The number of benzene rings is 1. The largest absolute Gasteiger partial charge is 0.378 e. The summed E-state index contributed by atoms with van der Waals surface area (Å²) < 4.78 is 46.5. The second-order valence-corrected chi connectivity index (χ2v) is 6.99. The molecule has 5 nitrogen and oxygen atoms in total. The number of hydrogen-bond donors (Lipinski definition) is 2. The van der Waals surface area contributed by atoms with Gasteiger partial charge in [0.2, 0.25) is 10.0 Å². The Labute approximate surface area is 124 Å². The molecule has 1 fully saturated rings. The molecule has 1 aromatic rings. The van der Waals surface area contributed by atoms with Crippen molar-refractivity contribution in [2.24, 2.45) is 0 Å². The number of sulfonamides is 1. The zero-order valence-corrected chi connectivity index (χ0v) is 13.0. The lowest BCUT2D eigenvalue weighted by atomic mass is 10.1. The Kier molecular flexibility index (Phi) is 5.32. The second-order valence-electron chi connectivity index (χ2n) is 5.31. The van der Waals surface area contributed by atoms with E-state index in [-0.39, 0.29) is 17.0 Å². The van der Waals surface area contributed by atoms with Crippen molar-refractivity contribution in [3.05, 3.63) is 29.6 Å². The van der Waals surface area contributed by atoms with E-state index in [1.165, 1.54) is 12.1 Å². The predicted octanol–water partition coefficient (Wildman–Crippen LogP) is 1.39. The van der Waals surface area contributed by atoms with Crippen LogP contribution in [0.5, 0.6) is 0 Å². The first-order chi connectivity index (χ1) is 9.92. The van der Waals surface area contributed by atoms with Crippen LogP contribution in [0.3, 0.4) is 0 Å². The second kappa shape index (κ2) is 6.83. The van der Waals surface area contributed by atoms with Crippen molar-refractivity contribution in [1.29, 1.82) is 0 Å². The van der Waals surface area contributed by atoms with Crippen LogP contribution in [0.1, 0.15) is 25.3 Å². The van der Waals surface area contributed by atoms with Gasteiger partial charge in [-0.25, -0.2) is 17.5 Å². The summed E-state index contributed by atoms with van der Waals surface area (Å²) in [5.74, 6) is -0.560. The molecule has 1 aliphatic heterocycles. The molecular formula is C14H21FN2O3S. The van der Waals surface area contributed by atoms with Crippen LogP contribution >= 0.6 is 0 Å². The molecule has 0 aromatic heterocycles. The first kappa shape index (κ1) is 16.4. The van der Waals surface area contributed by atoms with E-state index in [1.807, 2.05) is 6.92 Å². The normalized spacial score (nSPS) is 23.2. The Morgan fingerprint density at radius 1 is 1.43 bits per heavy atom. The van der Waals surface area contributed by atoms with Gasteiger partial charge in [0, 0.05) is 19.2 Å². The van der Waals surface area contributed by atoms with Crippen LogP contribution in [0.15, 0.2) is 23.1 Å². The van der Waals surface area contributed by atoms with Gasteiger partial charge in [-0.15, -0.1) is 0 Å². The van der Waals surface area contributed by atoms with Gasteiger partial charge in [-0.1, -0.05) is 6.07 Å². The molecule has 1 aromatic carbocycles. The monoisotopic (exact) mass is 316 g/mol. The van der Waals surface area contributed by atoms with Gasteiger partial charge in [-0.2, -0.15) is 0 Å². The van der Waals surface area contributed by atoms with Crippen molar-refractivity contribution < 1.29 is 17.5 Å². The highest BCUT2D eigenvalue weighted by molar-refractivity contribution is 7.89. The Bertz CT molecular complexity index is 592. The number of rotatable bonds is 5. The van der Waals surface area contributed by atoms with Gasteiger partial charge < -0.3 is 10.1 Å². The molecule has 118 valence electrons. The minimum atomic E-state index is -3.74. The highest BCUT2D eigenvalue weighted by Crippen LogP contribution is 2.20. The van der Waals surface area contributed by atoms with E-state index in [2.05, 4.69) is 10.0 Å². The summed E-state index contributed by atoms with van der Waals surface area (Å²) in [4.78, 5) is -0.00371. The van der Waals surface area contributed by atoms with E-state index in [1.54, 1.807) is 7.05 Å². The zero-order chi connectivity index (χ0) is 15.5. The van der Waals surface area contributed by atoms with E-state index in [0.717, 1.165) is 6.07 Å². The van der Waals surface area contributed by atoms with Gasteiger partial charge in [0.25, 0.3) is 0 Å². The summed E-state index contributed by atoms with van der Waals surface area (Å²) >= 11 is 0. The molecule has 0 spiro atoms. The molecule has 7 heteroatoms. The van der Waals surface area contributed by atoms with Gasteiger partial charge in [-0.3, -0.25) is 0 Å². The van der Waals surface area contributed by atoms with Gasteiger partial charge >= 0.3 is 0 Å². The summed E-state index contributed by atoms with van der Waals surface area (Å²) in [6.07, 6.45) is 1.27. The summed E-state index contributed by atoms with van der Waals surface area (Å²) in [5.41, 5.74) is 0.548. The third-order valence-corrected chi connectivity index (χ3v) is 5.10. The van der Waals surface area contributed by atoms with Gasteiger partial charge in [0.1, 0.15) is 5.82 Å². The van der Waals surface area contributed by atoms with Crippen molar-refractivity contribution in [2.75, 3.05) is 13.7 Å². The molecule has 21 heavy (non-hydrogen) atoms. The van der Waals surface area contributed by atoms with E-state index < -0.39 is 15.8 Å². The van der Waals surface area contributed by atoms with E-state index in [9.17, 15) is 12.8 Å². The van der Waals surface area contributed by atoms with Gasteiger partial charge in [0.05, 0.1) is 11.0 Å². The minimum absolute atomic E-state index is 0.00371. The van der Waals surface area contributed by atoms with Crippen LogP contribution in [0.4, 0.5) is 4.39 Å². The molecule has 2 atom stereocenters. The maximum absolute atomic E-state index is 13.4. The molecule has 0 aliphatic carbocycles. The van der Waals surface area contributed by atoms with Crippen LogP contribution in [0.2, 0.25) is 0 Å². The van der Waals surface area contributed by atoms with Crippen molar-refractivity contribution in [3.8, 4) is 0 Å². The lowest BCUT2D eigenvalue weighted by Gasteiger charge is -2.28. The third-order valence-electron chi connectivity index (χ3n) is 3.49.